The number of carbonyl (C=O) groups is 2. The Kier molecular flexibility index (Phi) is 3.62. The van der Waals surface area contributed by atoms with E-state index in [1.807, 2.05) is 6.92 Å². The zero-order valence-corrected chi connectivity index (χ0v) is 10.1. The molecule has 0 aromatic heterocycles. The van der Waals surface area contributed by atoms with Gasteiger partial charge >= 0.3 is 5.97 Å². The smallest absolute Gasteiger partial charge is 0.312 e. The average molecular weight is 223 g/mol. The number of ether oxygens (including phenoxy) is 1. The number of nitrogens with zero attached hydrogens (tertiary/aromatic N) is 1. The minimum absolute atomic E-state index is 0.218. The van der Waals surface area contributed by atoms with Gasteiger partial charge in [-0.3, -0.25) is 14.6 Å². The van der Waals surface area contributed by atoms with Crippen LogP contribution in [-0.4, -0.2) is 23.6 Å². The molecule has 0 amide bonds. The fraction of sp³-hybridized carbons (Fsp3) is 0.583. The molecule has 1 aliphatic heterocycles. The highest BCUT2D eigenvalue weighted by molar-refractivity contribution is 6.15. The Morgan fingerprint density at radius 2 is 2.12 bits per heavy atom. The third-order valence-electron chi connectivity index (χ3n) is 2.24. The quantitative estimate of drug-likeness (QED) is 0.672. The van der Waals surface area contributed by atoms with Gasteiger partial charge in [-0.05, 0) is 27.2 Å². The lowest BCUT2D eigenvalue weighted by Crippen LogP contribution is -2.38. The van der Waals surface area contributed by atoms with Gasteiger partial charge in [0.15, 0.2) is 0 Å². The molecule has 88 valence electrons. The Morgan fingerprint density at radius 3 is 2.62 bits per heavy atom. The topological polar surface area (TPSA) is 55.7 Å². The summed E-state index contributed by atoms with van der Waals surface area (Å²) in [6.07, 6.45) is 2.54. The van der Waals surface area contributed by atoms with Crippen LogP contribution in [0, 0.1) is 5.41 Å². The lowest BCUT2D eigenvalue weighted by atomic mass is 9.96. The number of hydrogen-bond donors (Lipinski definition) is 0. The molecule has 1 unspecified atom stereocenters. The highest BCUT2D eigenvalue weighted by atomic mass is 16.5. The van der Waals surface area contributed by atoms with E-state index in [2.05, 4.69) is 4.99 Å². The van der Waals surface area contributed by atoms with Crippen molar-refractivity contribution in [2.75, 3.05) is 0 Å². The number of hydrogen-bond acceptors (Lipinski definition) is 4. The molecule has 0 radical (unpaired) electrons. The second-order valence-electron chi connectivity index (χ2n) is 4.73. The number of aliphatic imine (C=N–C) groups is 1. The molecule has 0 N–H and O–H groups in total. The standard InChI is InChI=1S/C12H17NO3/c1-5-8-10(9(14)6-7-13-8)16-11(15)12(2,3)4/h6-7,10H,5H2,1-4H3. The lowest BCUT2D eigenvalue weighted by Gasteiger charge is -2.23. The molecule has 0 spiro atoms. The van der Waals surface area contributed by atoms with Crippen LogP contribution in [0.2, 0.25) is 0 Å². The van der Waals surface area contributed by atoms with Crippen LogP contribution in [0.3, 0.4) is 0 Å². The van der Waals surface area contributed by atoms with Gasteiger partial charge in [-0.25, -0.2) is 0 Å². The predicted molar refractivity (Wildman–Crippen MR) is 61.2 cm³/mol. The molecule has 0 bridgehead atoms. The first-order valence-corrected chi connectivity index (χ1v) is 5.34. The van der Waals surface area contributed by atoms with Gasteiger partial charge in [0.2, 0.25) is 11.9 Å². The Balaban J connectivity index is 2.80. The van der Waals surface area contributed by atoms with Gasteiger partial charge in [0.05, 0.1) is 11.1 Å². The van der Waals surface area contributed by atoms with Crippen molar-refractivity contribution < 1.29 is 14.3 Å². The first-order valence-electron chi connectivity index (χ1n) is 5.34. The fourth-order valence-corrected chi connectivity index (χ4v) is 1.21. The summed E-state index contributed by atoms with van der Waals surface area (Å²) < 4.78 is 5.20. The molecule has 0 fully saturated rings. The molecule has 1 rings (SSSR count). The van der Waals surface area contributed by atoms with Gasteiger partial charge in [-0.15, -0.1) is 0 Å². The molecule has 0 aromatic carbocycles. The number of rotatable bonds is 2. The van der Waals surface area contributed by atoms with Gasteiger partial charge < -0.3 is 4.74 Å². The molecule has 4 nitrogen and oxygen atoms in total. The van der Waals surface area contributed by atoms with Crippen molar-refractivity contribution in [2.45, 2.75) is 40.2 Å². The Morgan fingerprint density at radius 1 is 1.50 bits per heavy atom. The van der Waals surface area contributed by atoms with E-state index >= 15 is 0 Å². The second kappa shape index (κ2) is 4.60. The molecular formula is C12H17NO3. The van der Waals surface area contributed by atoms with E-state index in [0.717, 1.165) is 0 Å². The monoisotopic (exact) mass is 223 g/mol. The maximum absolute atomic E-state index is 11.7. The average Bonchev–Trinajstić information content (AvgIpc) is 2.19. The van der Waals surface area contributed by atoms with Crippen LogP contribution in [0.5, 0.6) is 0 Å². The van der Waals surface area contributed by atoms with Gasteiger partial charge in [-0.2, -0.15) is 0 Å². The maximum Gasteiger partial charge on any atom is 0.312 e. The number of ketones is 1. The van der Waals surface area contributed by atoms with E-state index in [9.17, 15) is 9.59 Å². The van der Waals surface area contributed by atoms with E-state index in [-0.39, 0.29) is 11.8 Å². The van der Waals surface area contributed by atoms with Crippen molar-refractivity contribution in [1.29, 1.82) is 0 Å². The Hall–Kier alpha value is -1.45. The van der Waals surface area contributed by atoms with Crippen molar-refractivity contribution in [1.82, 2.24) is 0 Å². The predicted octanol–water partition coefficient (Wildman–Crippen LogP) is 1.89. The van der Waals surface area contributed by atoms with Crippen LogP contribution in [-0.2, 0) is 14.3 Å². The molecule has 0 saturated heterocycles. The summed E-state index contributed by atoms with van der Waals surface area (Å²) in [4.78, 5) is 27.3. The first kappa shape index (κ1) is 12.6. The minimum Gasteiger partial charge on any atom is -0.447 e. The molecule has 0 aliphatic carbocycles. The zero-order valence-electron chi connectivity index (χ0n) is 10.1. The first-order chi connectivity index (χ1) is 7.36. The summed E-state index contributed by atoms with van der Waals surface area (Å²) in [5.74, 6) is -0.605. The third-order valence-corrected chi connectivity index (χ3v) is 2.24. The molecule has 1 aliphatic rings. The molecule has 16 heavy (non-hydrogen) atoms. The van der Waals surface area contributed by atoms with Crippen LogP contribution in [0.4, 0.5) is 0 Å². The number of esters is 1. The molecule has 0 aromatic rings. The third kappa shape index (κ3) is 2.78. The van der Waals surface area contributed by atoms with E-state index in [1.165, 1.54) is 12.3 Å². The van der Waals surface area contributed by atoms with Crippen molar-refractivity contribution >= 4 is 17.5 Å². The van der Waals surface area contributed by atoms with Crippen molar-refractivity contribution in [3.63, 3.8) is 0 Å². The molecular weight excluding hydrogens is 206 g/mol. The van der Waals surface area contributed by atoms with Crippen LogP contribution in [0.25, 0.3) is 0 Å². The highest BCUT2D eigenvalue weighted by Gasteiger charge is 2.32. The van der Waals surface area contributed by atoms with Gasteiger partial charge in [0.1, 0.15) is 0 Å². The van der Waals surface area contributed by atoms with E-state index in [1.54, 1.807) is 20.8 Å². The van der Waals surface area contributed by atoms with Crippen LogP contribution in [0.1, 0.15) is 34.1 Å². The molecule has 0 saturated carbocycles. The molecule has 1 heterocycles. The summed E-state index contributed by atoms with van der Waals surface area (Å²) >= 11 is 0. The number of carbonyl (C=O) groups excluding carboxylic acids is 2. The van der Waals surface area contributed by atoms with Crippen molar-refractivity contribution in [3.8, 4) is 0 Å². The normalized spacial score (nSPS) is 20.6. The van der Waals surface area contributed by atoms with E-state index < -0.39 is 11.5 Å². The Bertz CT molecular complexity index is 361. The summed E-state index contributed by atoms with van der Waals surface area (Å²) in [6.45, 7) is 7.13. The van der Waals surface area contributed by atoms with Gasteiger partial charge in [0, 0.05) is 12.3 Å². The largest absolute Gasteiger partial charge is 0.447 e. The lowest BCUT2D eigenvalue weighted by molar-refractivity contribution is -0.158. The molecule has 4 heteroatoms. The van der Waals surface area contributed by atoms with Crippen LogP contribution in [0.15, 0.2) is 17.3 Å². The van der Waals surface area contributed by atoms with Gasteiger partial charge in [-0.1, -0.05) is 6.92 Å². The van der Waals surface area contributed by atoms with Crippen molar-refractivity contribution in [3.05, 3.63) is 12.3 Å². The summed E-state index contributed by atoms with van der Waals surface area (Å²) in [6, 6.07) is 0. The second-order valence-corrected chi connectivity index (χ2v) is 4.73. The highest BCUT2D eigenvalue weighted by Crippen LogP contribution is 2.18. The van der Waals surface area contributed by atoms with Gasteiger partial charge in [0.25, 0.3) is 0 Å². The van der Waals surface area contributed by atoms with E-state index in [4.69, 9.17) is 4.74 Å². The van der Waals surface area contributed by atoms with Crippen LogP contribution >= 0.6 is 0 Å². The fourth-order valence-electron chi connectivity index (χ4n) is 1.21. The Labute approximate surface area is 95.4 Å². The zero-order chi connectivity index (χ0) is 12.3. The van der Waals surface area contributed by atoms with Crippen molar-refractivity contribution in [2.24, 2.45) is 10.4 Å². The minimum atomic E-state index is -0.832. The maximum atomic E-state index is 11.7. The summed E-state index contributed by atoms with van der Waals surface area (Å²) in [5, 5.41) is 0. The summed E-state index contributed by atoms with van der Waals surface area (Å²) in [7, 11) is 0. The molecule has 1 atom stereocenters. The SMILES string of the molecule is CCC1=NC=CC(=O)C1OC(=O)C(C)(C)C. The van der Waals surface area contributed by atoms with Crippen LogP contribution < -0.4 is 0 Å². The van der Waals surface area contributed by atoms with E-state index in [0.29, 0.717) is 12.1 Å². The summed E-state index contributed by atoms with van der Waals surface area (Å²) in [5.41, 5.74) is -0.00888.